The van der Waals surface area contributed by atoms with Gasteiger partial charge in [-0.15, -0.1) is 10.2 Å². The summed E-state index contributed by atoms with van der Waals surface area (Å²) in [6.07, 6.45) is 1.04. The third kappa shape index (κ3) is 4.42. The van der Waals surface area contributed by atoms with E-state index < -0.39 is 22.0 Å². The number of halogens is 2. The largest absolute Gasteiger partial charge is 0.299 e. The molecule has 0 aliphatic carbocycles. The van der Waals surface area contributed by atoms with E-state index in [4.69, 9.17) is 11.6 Å². The quantitative estimate of drug-likeness (QED) is 0.530. The van der Waals surface area contributed by atoms with Crippen molar-refractivity contribution in [1.82, 2.24) is 14.5 Å². The van der Waals surface area contributed by atoms with Gasteiger partial charge in [-0.2, -0.15) is 4.31 Å². The Hall–Kier alpha value is -1.85. The molecule has 0 spiro atoms. The van der Waals surface area contributed by atoms with Crippen molar-refractivity contribution in [3.63, 3.8) is 0 Å². The molecule has 3 aromatic rings. The lowest BCUT2D eigenvalue weighted by molar-refractivity contribution is -0.119. The maximum absolute atomic E-state index is 13.0. The second-order valence-corrected chi connectivity index (χ2v) is 10.9. The highest BCUT2D eigenvalue weighted by Gasteiger charge is 2.39. The van der Waals surface area contributed by atoms with Crippen LogP contribution in [0.5, 0.6) is 0 Å². The number of carbonyl (C=O) groups is 1. The first-order valence-corrected chi connectivity index (χ1v) is 12.4. The molecule has 1 fully saturated rings. The number of benzene rings is 2. The number of hydrogen-bond acceptors (Lipinski definition) is 6. The molecule has 1 aliphatic heterocycles. The van der Waals surface area contributed by atoms with Gasteiger partial charge in [0.05, 0.1) is 4.90 Å². The van der Waals surface area contributed by atoms with Crippen LogP contribution in [0.25, 0.3) is 10.6 Å². The Balaban J connectivity index is 1.51. The molecule has 2 aromatic carbocycles. The van der Waals surface area contributed by atoms with Crippen LogP contribution in [0.1, 0.15) is 12.8 Å². The van der Waals surface area contributed by atoms with Crippen LogP contribution in [0.4, 0.5) is 5.13 Å². The van der Waals surface area contributed by atoms with E-state index in [1.165, 1.54) is 39.9 Å². The van der Waals surface area contributed by atoms with Crippen molar-refractivity contribution in [1.29, 1.82) is 0 Å². The van der Waals surface area contributed by atoms with Gasteiger partial charge in [-0.3, -0.25) is 10.1 Å². The summed E-state index contributed by atoms with van der Waals surface area (Å²) in [7, 11) is -3.81. The predicted molar refractivity (Wildman–Crippen MR) is 120 cm³/mol. The second kappa shape index (κ2) is 8.72. The number of amides is 1. The molecule has 1 aliphatic rings. The van der Waals surface area contributed by atoms with Crippen LogP contribution in [0.2, 0.25) is 5.02 Å². The first-order chi connectivity index (χ1) is 14.3. The number of sulfonamides is 1. The molecule has 0 unspecified atom stereocenters. The van der Waals surface area contributed by atoms with E-state index in [2.05, 4.69) is 31.4 Å². The Bertz CT molecular complexity index is 1180. The summed E-state index contributed by atoms with van der Waals surface area (Å²) in [6, 6.07) is 12.7. The number of aromatic nitrogens is 2. The maximum Gasteiger partial charge on any atom is 0.244 e. The molecule has 1 atom stereocenters. The molecule has 1 N–H and O–H groups in total. The van der Waals surface area contributed by atoms with Gasteiger partial charge in [0, 0.05) is 21.6 Å². The molecule has 30 heavy (non-hydrogen) atoms. The van der Waals surface area contributed by atoms with Crippen molar-refractivity contribution in [3.8, 4) is 10.6 Å². The zero-order valence-electron chi connectivity index (χ0n) is 15.5. The zero-order valence-corrected chi connectivity index (χ0v) is 19.4. The van der Waals surface area contributed by atoms with Crippen LogP contribution in [0, 0.1) is 0 Å². The van der Waals surface area contributed by atoms with Gasteiger partial charge in [-0.25, -0.2) is 8.42 Å². The monoisotopic (exact) mass is 526 g/mol. The van der Waals surface area contributed by atoms with E-state index in [-0.39, 0.29) is 11.4 Å². The van der Waals surface area contributed by atoms with Crippen molar-refractivity contribution in [2.75, 3.05) is 11.9 Å². The van der Waals surface area contributed by atoms with Gasteiger partial charge in [0.25, 0.3) is 0 Å². The summed E-state index contributed by atoms with van der Waals surface area (Å²) < 4.78 is 28.2. The first kappa shape index (κ1) is 21.4. The number of anilines is 1. The van der Waals surface area contributed by atoms with Crippen LogP contribution < -0.4 is 5.32 Å². The fourth-order valence-electron chi connectivity index (χ4n) is 3.23. The first-order valence-electron chi connectivity index (χ1n) is 9.02. The normalized spacial score (nSPS) is 17.2. The summed E-state index contributed by atoms with van der Waals surface area (Å²) >= 11 is 10.5. The van der Waals surface area contributed by atoms with Crippen LogP contribution >= 0.6 is 38.9 Å². The lowest BCUT2D eigenvalue weighted by Crippen LogP contribution is -2.43. The molecular formula is C19H16BrClN4O3S2. The van der Waals surface area contributed by atoms with E-state index in [0.717, 1.165) is 10.0 Å². The zero-order chi connectivity index (χ0) is 21.3. The van der Waals surface area contributed by atoms with Crippen LogP contribution in [0.3, 0.4) is 0 Å². The van der Waals surface area contributed by atoms with Gasteiger partial charge >= 0.3 is 0 Å². The summed E-state index contributed by atoms with van der Waals surface area (Å²) in [6.45, 7) is 0.280. The van der Waals surface area contributed by atoms with Gasteiger partial charge in [0.15, 0.2) is 0 Å². The van der Waals surface area contributed by atoms with Gasteiger partial charge in [-0.1, -0.05) is 51.0 Å². The molecule has 11 heteroatoms. The maximum atomic E-state index is 13.0. The topological polar surface area (TPSA) is 92.3 Å². The van der Waals surface area contributed by atoms with E-state index >= 15 is 0 Å². The molecular weight excluding hydrogens is 512 g/mol. The Morgan fingerprint density at radius 1 is 1.20 bits per heavy atom. The van der Waals surface area contributed by atoms with Gasteiger partial charge in [0.2, 0.25) is 21.1 Å². The molecule has 1 amide bonds. The third-order valence-electron chi connectivity index (χ3n) is 4.65. The third-order valence-corrected chi connectivity index (χ3v) is 8.21. The summed E-state index contributed by atoms with van der Waals surface area (Å²) in [5.41, 5.74) is 0.871. The molecule has 1 saturated heterocycles. The van der Waals surface area contributed by atoms with Crippen LogP contribution in [-0.4, -0.2) is 41.4 Å². The van der Waals surface area contributed by atoms with Crippen molar-refractivity contribution in [3.05, 3.63) is 58.0 Å². The summed E-state index contributed by atoms with van der Waals surface area (Å²) in [4.78, 5) is 13.0. The standard InChI is InChI=1S/C19H16BrClN4O3S2/c20-13-4-1-3-12(11-13)18-23-24-19(29-18)22-17(26)16-5-2-10-25(16)30(27,28)15-8-6-14(21)7-9-15/h1,3-4,6-9,11,16H,2,5,10H2,(H,22,24,26)/t16-/m0/s1. The molecule has 0 saturated carbocycles. The summed E-state index contributed by atoms with van der Waals surface area (Å²) in [5, 5.41) is 12.3. The highest BCUT2D eigenvalue weighted by atomic mass is 79.9. The number of hydrogen-bond donors (Lipinski definition) is 1. The Morgan fingerprint density at radius 3 is 2.70 bits per heavy atom. The SMILES string of the molecule is O=C(Nc1nnc(-c2cccc(Br)c2)s1)[C@@H]1CCCN1S(=O)(=O)c1ccc(Cl)cc1. The van der Waals surface area contributed by atoms with Crippen LogP contribution in [0.15, 0.2) is 57.9 Å². The molecule has 0 bridgehead atoms. The number of nitrogens with zero attached hydrogens (tertiary/aromatic N) is 3. The molecule has 156 valence electrons. The lowest BCUT2D eigenvalue weighted by Gasteiger charge is -2.23. The highest BCUT2D eigenvalue weighted by Crippen LogP contribution is 2.30. The Morgan fingerprint density at radius 2 is 1.97 bits per heavy atom. The number of carbonyl (C=O) groups excluding carboxylic acids is 1. The fourth-order valence-corrected chi connectivity index (χ4v) is 6.16. The van der Waals surface area contributed by atoms with Crippen molar-refractivity contribution in [2.24, 2.45) is 0 Å². The van der Waals surface area contributed by atoms with E-state index in [0.29, 0.717) is 28.0 Å². The average molecular weight is 528 g/mol. The molecule has 7 nitrogen and oxygen atoms in total. The minimum Gasteiger partial charge on any atom is -0.299 e. The molecule has 2 heterocycles. The lowest BCUT2D eigenvalue weighted by atomic mass is 10.2. The Kier molecular flexibility index (Phi) is 6.21. The Labute approximate surface area is 191 Å². The minimum atomic E-state index is -3.81. The van der Waals surface area contributed by atoms with E-state index in [1.807, 2.05) is 24.3 Å². The van der Waals surface area contributed by atoms with E-state index in [9.17, 15) is 13.2 Å². The van der Waals surface area contributed by atoms with Crippen LogP contribution in [-0.2, 0) is 14.8 Å². The van der Waals surface area contributed by atoms with Gasteiger partial charge in [-0.05, 0) is 49.2 Å². The van der Waals surface area contributed by atoms with E-state index in [1.54, 1.807) is 0 Å². The smallest absolute Gasteiger partial charge is 0.244 e. The number of rotatable bonds is 5. The van der Waals surface area contributed by atoms with Gasteiger partial charge < -0.3 is 0 Å². The molecule has 4 rings (SSSR count). The number of nitrogens with one attached hydrogen (secondary N) is 1. The second-order valence-electron chi connectivity index (χ2n) is 6.64. The van der Waals surface area contributed by atoms with Gasteiger partial charge in [0.1, 0.15) is 11.0 Å². The predicted octanol–water partition coefficient (Wildman–Crippen LogP) is 4.41. The molecule has 0 radical (unpaired) electrons. The van der Waals surface area contributed by atoms with Crippen molar-refractivity contribution in [2.45, 2.75) is 23.8 Å². The fraction of sp³-hybridized carbons (Fsp3) is 0.211. The molecule has 1 aromatic heterocycles. The average Bonchev–Trinajstić information content (AvgIpc) is 3.38. The minimum absolute atomic E-state index is 0.111. The van der Waals surface area contributed by atoms with Crippen molar-refractivity contribution >= 4 is 59.9 Å². The highest BCUT2D eigenvalue weighted by molar-refractivity contribution is 9.10. The summed E-state index contributed by atoms with van der Waals surface area (Å²) in [5.74, 6) is -0.415. The van der Waals surface area contributed by atoms with Crippen molar-refractivity contribution < 1.29 is 13.2 Å².